The van der Waals surface area contributed by atoms with E-state index in [4.69, 9.17) is 0 Å². The number of carbonyl (C=O) groups is 1. The Morgan fingerprint density at radius 1 is 1.07 bits per heavy atom. The number of nitrogens with one attached hydrogen (secondary N) is 1. The summed E-state index contributed by atoms with van der Waals surface area (Å²) < 4.78 is 41.8. The molecule has 1 aliphatic rings. The molecule has 152 valence electrons. The topological polar surface area (TPSA) is 66.5 Å². The van der Waals surface area contributed by atoms with E-state index in [1.165, 1.54) is 33.8 Å². The van der Waals surface area contributed by atoms with Gasteiger partial charge >= 0.3 is 0 Å². The quantitative estimate of drug-likeness (QED) is 0.645. The Hall–Kier alpha value is -2.29. The molecule has 1 saturated heterocycles. The van der Waals surface area contributed by atoms with Crippen molar-refractivity contribution in [1.29, 1.82) is 0 Å². The highest BCUT2D eigenvalue weighted by molar-refractivity contribution is 7.89. The Morgan fingerprint density at radius 3 is 2.41 bits per heavy atom. The number of anilines is 1. The van der Waals surface area contributed by atoms with Crippen LogP contribution in [0.1, 0.15) is 34.5 Å². The molecule has 8 heteroatoms. The van der Waals surface area contributed by atoms with Gasteiger partial charge in [-0.3, -0.25) is 4.79 Å². The fourth-order valence-corrected chi connectivity index (χ4v) is 6.26. The van der Waals surface area contributed by atoms with Crippen molar-refractivity contribution in [1.82, 2.24) is 4.31 Å². The smallest absolute Gasteiger partial charge is 0.266 e. The van der Waals surface area contributed by atoms with E-state index < -0.39 is 10.0 Å². The third-order valence-corrected chi connectivity index (χ3v) is 8.34. The second kappa shape index (κ2) is 7.85. The van der Waals surface area contributed by atoms with E-state index in [2.05, 4.69) is 5.32 Å². The lowest BCUT2D eigenvalue weighted by Gasteiger charge is -2.25. The Morgan fingerprint density at radius 2 is 1.76 bits per heavy atom. The van der Waals surface area contributed by atoms with Crippen LogP contribution >= 0.6 is 11.3 Å². The average molecular weight is 433 g/mol. The zero-order valence-corrected chi connectivity index (χ0v) is 17.6. The Kier molecular flexibility index (Phi) is 5.42. The second-order valence-electron chi connectivity index (χ2n) is 7.11. The standard InChI is InChI=1S/C21H21FN2O3S2/c1-14-19-17(22)6-5-7-18(19)28-20(14)21(25)23-15-8-10-16(11-9-15)29(26,27)24-12-3-2-4-13-24/h5-11H,2-4,12-13H2,1H3,(H,23,25). The minimum absolute atomic E-state index is 0.220. The maximum atomic E-state index is 14.1. The number of piperidine rings is 1. The number of carbonyl (C=O) groups excluding carboxylic acids is 1. The van der Waals surface area contributed by atoms with Crippen LogP contribution in [0.4, 0.5) is 10.1 Å². The number of aryl methyl sites for hydroxylation is 1. The molecule has 0 atom stereocenters. The number of sulfonamides is 1. The third-order valence-electron chi connectivity index (χ3n) is 5.17. The fourth-order valence-electron chi connectivity index (χ4n) is 3.62. The molecule has 1 aliphatic heterocycles. The van der Waals surface area contributed by atoms with Gasteiger partial charge < -0.3 is 5.32 Å². The molecule has 0 radical (unpaired) electrons. The molecule has 4 rings (SSSR count). The fraction of sp³-hybridized carbons (Fsp3) is 0.286. The summed E-state index contributed by atoms with van der Waals surface area (Å²) in [4.78, 5) is 13.4. The number of rotatable bonds is 4. The van der Waals surface area contributed by atoms with Gasteiger partial charge in [0.05, 0.1) is 9.77 Å². The van der Waals surface area contributed by atoms with Crippen LogP contribution in [-0.2, 0) is 10.0 Å². The van der Waals surface area contributed by atoms with Gasteiger partial charge in [0.25, 0.3) is 5.91 Å². The molecular formula is C21H21FN2O3S2. The summed E-state index contributed by atoms with van der Waals surface area (Å²) in [6, 6.07) is 11.0. The lowest BCUT2D eigenvalue weighted by Crippen LogP contribution is -2.35. The summed E-state index contributed by atoms with van der Waals surface area (Å²) in [5.74, 6) is -0.683. The average Bonchev–Trinajstić information content (AvgIpc) is 3.07. The monoisotopic (exact) mass is 432 g/mol. The summed E-state index contributed by atoms with van der Waals surface area (Å²) >= 11 is 1.24. The van der Waals surface area contributed by atoms with Crippen molar-refractivity contribution in [3.8, 4) is 0 Å². The largest absolute Gasteiger partial charge is 0.321 e. The normalized spacial score (nSPS) is 15.5. The molecule has 0 aliphatic carbocycles. The lowest BCUT2D eigenvalue weighted by atomic mass is 10.1. The predicted octanol–water partition coefficient (Wildman–Crippen LogP) is 4.78. The van der Waals surface area contributed by atoms with Gasteiger partial charge in [0.15, 0.2) is 0 Å². The van der Waals surface area contributed by atoms with Crippen LogP contribution in [0, 0.1) is 12.7 Å². The number of benzene rings is 2. The first-order valence-electron chi connectivity index (χ1n) is 9.47. The van der Waals surface area contributed by atoms with Gasteiger partial charge in [-0.1, -0.05) is 12.5 Å². The minimum atomic E-state index is -3.51. The molecule has 3 aromatic rings. The van der Waals surface area contributed by atoms with E-state index in [1.54, 1.807) is 31.2 Å². The zero-order valence-electron chi connectivity index (χ0n) is 15.9. The first-order chi connectivity index (χ1) is 13.9. The van der Waals surface area contributed by atoms with Crippen molar-refractivity contribution >= 4 is 43.0 Å². The Labute approximate surface area is 173 Å². The Balaban J connectivity index is 1.54. The van der Waals surface area contributed by atoms with Gasteiger partial charge in [0.2, 0.25) is 10.0 Å². The zero-order chi connectivity index (χ0) is 20.6. The third kappa shape index (κ3) is 3.80. The van der Waals surface area contributed by atoms with Gasteiger partial charge in [-0.2, -0.15) is 4.31 Å². The van der Waals surface area contributed by atoms with Crippen molar-refractivity contribution in [2.24, 2.45) is 0 Å². The first kappa shape index (κ1) is 20.0. The van der Waals surface area contributed by atoms with E-state index >= 15 is 0 Å². The molecule has 2 aromatic carbocycles. The molecule has 1 aromatic heterocycles. The highest BCUT2D eigenvalue weighted by atomic mass is 32.2. The number of halogens is 1. The van der Waals surface area contributed by atoms with Gasteiger partial charge in [0.1, 0.15) is 5.82 Å². The van der Waals surface area contributed by atoms with Crippen LogP contribution in [0.5, 0.6) is 0 Å². The number of fused-ring (bicyclic) bond motifs is 1. The molecule has 2 heterocycles. The maximum Gasteiger partial charge on any atom is 0.266 e. The minimum Gasteiger partial charge on any atom is -0.321 e. The highest BCUT2D eigenvalue weighted by Crippen LogP contribution is 2.33. The predicted molar refractivity (Wildman–Crippen MR) is 114 cm³/mol. The molecule has 0 saturated carbocycles. The van der Waals surface area contributed by atoms with Crippen LogP contribution < -0.4 is 5.32 Å². The van der Waals surface area contributed by atoms with Crippen molar-refractivity contribution in [3.63, 3.8) is 0 Å². The summed E-state index contributed by atoms with van der Waals surface area (Å²) in [5, 5.41) is 3.24. The van der Waals surface area contributed by atoms with Gasteiger partial charge in [0, 0.05) is 28.9 Å². The van der Waals surface area contributed by atoms with Crippen molar-refractivity contribution in [3.05, 3.63) is 58.7 Å². The summed E-state index contributed by atoms with van der Waals surface area (Å²) in [6.45, 7) is 2.82. The summed E-state index contributed by atoms with van der Waals surface area (Å²) in [7, 11) is -3.51. The van der Waals surface area contributed by atoms with Gasteiger partial charge in [-0.05, 0) is 61.7 Å². The molecule has 0 spiro atoms. The number of thiophene rings is 1. The first-order valence-corrected chi connectivity index (χ1v) is 11.7. The molecule has 29 heavy (non-hydrogen) atoms. The molecule has 0 bridgehead atoms. The number of hydrogen-bond acceptors (Lipinski definition) is 4. The van der Waals surface area contributed by atoms with Crippen LogP contribution in [0.3, 0.4) is 0 Å². The van der Waals surface area contributed by atoms with E-state index in [1.807, 2.05) is 0 Å². The van der Waals surface area contributed by atoms with Crippen molar-refractivity contribution in [2.45, 2.75) is 31.1 Å². The molecule has 5 nitrogen and oxygen atoms in total. The van der Waals surface area contributed by atoms with Crippen molar-refractivity contribution in [2.75, 3.05) is 18.4 Å². The van der Waals surface area contributed by atoms with Gasteiger partial charge in [-0.25, -0.2) is 12.8 Å². The van der Waals surface area contributed by atoms with Crippen LogP contribution in [-0.4, -0.2) is 31.7 Å². The van der Waals surface area contributed by atoms with E-state index in [0.29, 0.717) is 34.6 Å². The van der Waals surface area contributed by atoms with Gasteiger partial charge in [-0.15, -0.1) is 11.3 Å². The van der Waals surface area contributed by atoms with Crippen LogP contribution in [0.2, 0.25) is 0 Å². The van der Waals surface area contributed by atoms with E-state index in [9.17, 15) is 17.6 Å². The molecule has 1 amide bonds. The Bertz CT molecular complexity index is 1160. The SMILES string of the molecule is Cc1c(C(=O)Nc2ccc(S(=O)(=O)N3CCCCC3)cc2)sc2cccc(F)c12. The summed E-state index contributed by atoms with van der Waals surface area (Å²) in [5.41, 5.74) is 1.09. The lowest BCUT2D eigenvalue weighted by molar-refractivity contribution is 0.103. The van der Waals surface area contributed by atoms with E-state index in [0.717, 1.165) is 24.0 Å². The molecule has 1 fully saturated rings. The molecule has 0 unspecified atom stereocenters. The van der Waals surface area contributed by atoms with Crippen molar-refractivity contribution < 1.29 is 17.6 Å². The second-order valence-corrected chi connectivity index (χ2v) is 10.1. The number of nitrogens with zero attached hydrogens (tertiary/aromatic N) is 1. The maximum absolute atomic E-state index is 14.1. The summed E-state index contributed by atoms with van der Waals surface area (Å²) in [6.07, 6.45) is 2.81. The number of hydrogen-bond donors (Lipinski definition) is 1. The number of amides is 1. The molecule has 1 N–H and O–H groups in total. The molecular weight excluding hydrogens is 411 g/mol. The van der Waals surface area contributed by atoms with Crippen LogP contribution in [0.15, 0.2) is 47.4 Å². The van der Waals surface area contributed by atoms with E-state index in [-0.39, 0.29) is 16.6 Å². The highest BCUT2D eigenvalue weighted by Gasteiger charge is 2.26. The van der Waals surface area contributed by atoms with Crippen LogP contribution in [0.25, 0.3) is 10.1 Å².